The van der Waals surface area contributed by atoms with E-state index in [1.807, 2.05) is 61.5 Å². The average Bonchev–Trinajstić information content (AvgIpc) is 3.31. The second-order valence-corrected chi connectivity index (χ2v) is 8.93. The maximum absolute atomic E-state index is 13.3. The molecule has 4 N–H and O–H groups in total. The predicted molar refractivity (Wildman–Crippen MR) is 146 cm³/mol. The van der Waals surface area contributed by atoms with Gasteiger partial charge in [0.05, 0.1) is 34.2 Å². The summed E-state index contributed by atoms with van der Waals surface area (Å²) in [5.41, 5.74) is 10.7. The molecule has 0 radical (unpaired) electrons. The van der Waals surface area contributed by atoms with Gasteiger partial charge in [0, 0.05) is 28.6 Å². The molecule has 0 aliphatic heterocycles. The lowest BCUT2D eigenvalue weighted by atomic mass is 9.95. The van der Waals surface area contributed by atoms with E-state index in [1.165, 1.54) is 0 Å². The van der Waals surface area contributed by atoms with Gasteiger partial charge >= 0.3 is 0 Å². The number of fused-ring (bicyclic) bond motifs is 4. The fraction of sp³-hybridized carbons (Fsp3) is 0.103. The first-order valence-corrected chi connectivity index (χ1v) is 12.0. The summed E-state index contributed by atoms with van der Waals surface area (Å²) in [5, 5.41) is 11.3. The summed E-state index contributed by atoms with van der Waals surface area (Å²) in [5.74, 6) is -0.0706. The number of primary amides is 1. The molecule has 6 aromatic rings. The third kappa shape index (κ3) is 3.68. The van der Waals surface area contributed by atoms with Gasteiger partial charge in [-0.2, -0.15) is 0 Å². The number of nitrogens with two attached hydrogens (primary N) is 1. The number of aromatic amines is 1. The molecule has 3 aromatic carbocycles. The minimum absolute atomic E-state index is 0.101. The highest BCUT2D eigenvalue weighted by Crippen LogP contribution is 2.38. The number of ether oxygens (including phenoxy) is 1. The molecule has 0 spiro atoms. The Bertz CT molecular complexity index is 1940. The van der Waals surface area contributed by atoms with Gasteiger partial charge in [-0.1, -0.05) is 24.3 Å². The Morgan fingerprint density at radius 2 is 1.89 bits per heavy atom. The van der Waals surface area contributed by atoms with Crippen LogP contribution in [-0.2, 0) is 0 Å². The van der Waals surface area contributed by atoms with Gasteiger partial charge in [-0.15, -0.1) is 0 Å². The molecule has 0 unspecified atom stereocenters. The molecule has 0 saturated heterocycles. The van der Waals surface area contributed by atoms with Crippen molar-refractivity contribution in [3.63, 3.8) is 0 Å². The topological polar surface area (TPSA) is 136 Å². The molecular weight excluding hydrogens is 482 g/mol. The van der Waals surface area contributed by atoms with Crippen molar-refractivity contribution < 1.29 is 14.6 Å². The summed E-state index contributed by atoms with van der Waals surface area (Å²) < 4.78 is 7.11. The highest BCUT2D eigenvalue weighted by molar-refractivity contribution is 6.19. The summed E-state index contributed by atoms with van der Waals surface area (Å²) in [6.07, 6.45) is 3.18. The summed E-state index contributed by atoms with van der Waals surface area (Å²) in [6.45, 7) is 2.01. The van der Waals surface area contributed by atoms with E-state index in [0.717, 1.165) is 33.0 Å². The Hall–Kier alpha value is -5.02. The molecule has 6 rings (SSSR count). The molecule has 3 aromatic heterocycles. The molecule has 38 heavy (non-hydrogen) atoms. The maximum Gasteiger partial charge on any atom is 0.269 e. The van der Waals surface area contributed by atoms with Gasteiger partial charge in [0.1, 0.15) is 18.7 Å². The Kier molecular flexibility index (Phi) is 5.62. The number of hydrogen-bond acceptors (Lipinski definition) is 6. The smallest absolute Gasteiger partial charge is 0.269 e. The Morgan fingerprint density at radius 1 is 1.05 bits per heavy atom. The van der Waals surface area contributed by atoms with Gasteiger partial charge in [0.2, 0.25) is 0 Å². The third-order valence-electron chi connectivity index (χ3n) is 6.71. The number of H-pyrrole nitrogens is 1. The van der Waals surface area contributed by atoms with Crippen molar-refractivity contribution in [3.05, 3.63) is 94.8 Å². The number of para-hydroxylation sites is 1. The SMILES string of the molecule is Cc1c(-c2cnc(C(N)=O)c3[nH]c4cc(OCCO)ccc4c23)cccc1-n1cnc2ccccc2c1=O. The molecule has 9 nitrogen and oxygen atoms in total. The van der Waals surface area contributed by atoms with E-state index < -0.39 is 5.91 Å². The summed E-state index contributed by atoms with van der Waals surface area (Å²) >= 11 is 0. The Morgan fingerprint density at radius 3 is 2.71 bits per heavy atom. The number of nitrogens with zero attached hydrogens (tertiary/aromatic N) is 3. The van der Waals surface area contributed by atoms with Crippen LogP contribution in [0.25, 0.3) is 49.5 Å². The molecule has 0 fully saturated rings. The normalized spacial score (nSPS) is 11.4. The maximum atomic E-state index is 13.3. The number of carbonyl (C=O) groups excluding carboxylic acids is 1. The largest absolute Gasteiger partial charge is 0.491 e. The van der Waals surface area contributed by atoms with Crippen molar-refractivity contribution >= 4 is 38.6 Å². The second-order valence-electron chi connectivity index (χ2n) is 8.93. The molecule has 188 valence electrons. The first kappa shape index (κ1) is 23.4. The number of rotatable bonds is 6. The van der Waals surface area contributed by atoms with Gasteiger partial charge in [-0.05, 0) is 48.4 Å². The number of aromatic nitrogens is 4. The van der Waals surface area contributed by atoms with Gasteiger partial charge in [0.15, 0.2) is 5.69 Å². The zero-order valence-electron chi connectivity index (χ0n) is 20.4. The van der Waals surface area contributed by atoms with Crippen LogP contribution in [0.3, 0.4) is 0 Å². The number of amides is 1. The van der Waals surface area contributed by atoms with Gasteiger partial charge in [0.25, 0.3) is 11.5 Å². The Labute approximate surface area is 216 Å². The minimum Gasteiger partial charge on any atom is -0.491 e. The average molecular weight is 506 g/mol. The van der Waals surface area contributed by atoms with Crippen LogP contribution in [0.2, 0.25) is 0 Å². The number of carbonyl (C=O) groups is 1. The summed E-state index contributed by atoms with van der Waals surface area (Å²) in [6, 6.07) is 18.5. The first-order chi connectivity index (χ1) is 18.5. The van der Waals surface area contributed by atoms with Crippen LogP contribution in [0.15, 0.2) is 78.0 Å². The fourth-order valence-corrected chi connectivity index (χ4v) is 4.95. The zero-order valence-corrected chi connectivity index (χ0v) is 20.4. The van der Waals surface area contributed by atoms with Crippen molar-refractivity contribution in [1.29, 1.82) is 0 Å². The van der Waals surface area contributed by atoms with E-state index in [0.29, 0.717) is 27.9 Å². The molecule has 0 bridgehead atoms. The van der Waals surface area contributed by atoms with E-state index >= 15 is 0 Å². The van der Waals surface area contributed by atoms with Crippen LogP contribution in [0.1, 0.15) is 16.1 Å². The second kappa shape index (κ2) is 9.13. The molecule has 3 heterocycles. The van der Waals surface area contributed by atoms with E-state index in [9.17, 15) is 9.59 Å². The van der Waals surface area contributed by atoms with Crippen LogP contribution in [-0.4, -0.2) is 43.7 Å². The number of aliphatic hydroxyl groups is 1. The molecule has 0 saturated carbocycles. The molecule has 0 aliphatic rings. The number of aliphatic hydroxyl groups excluding tert-OH is 1. The van der Waals surface area contributed by atoms with Crippen molar-refractivity contribution in [1.82, 2.24) is 19.5 Å². The van der Waals surface area contributed by atoms with Crippen molar-refractivity contribution in [2.45, 2.75) is 6.92 Å². The lowest BCUT2D eigenvalue weighted by molar-refractivity contribution is 0.0997. The van der Waals surface area contributed by atoms with E-state index in [1.54, 1.807) is 23.2 Å². The quantitative estimate of drug-likeness (QED) is 0.314. The number of benzene rings is 3. The Balaban J connectivity index is 1.59. The molecular formula is C29H23N5O4. The van der Waals surface area contributed by atoms with Crippen LogP contribution < -0.4 is 16.0 Å². The molecule has 0 atom stereocenters. The van der Waals surface area contributed by atoms with Gasteiger partial charge in [-0.3, -0.25) is 14.2 Å². The van der Waals surface area contributed by atoms with Crippen molar-refractivity contribution in [2.75, 3.05) is 13.2 Å². The van der Waals surface area contributed by atoms with Gasteiger partial charge < -0.3 is 20.6 Å². The summed E-state index contributed by atoms with van der Waals surface area (Å²) in [4.78, 5) is 37.7. The molecule has 1 amide bonds. The van der Waals surface area contributed by atoms with Crippen LogP contribution in [0, 0.1) is 6.92 Å². The van der Waals surface area contributed by atoms with E-state index in [-0.39, 0.29) is 24.5 Å². The minimum atomic E-state index is -0.649. The number of nitrogens with one attached hydrogen (secondary N) is 1. The predicted octanol–water partition coefficient (Wildman–Crippen LogP) is 3.86. The highest BCUT2D eigenvalue weighted by Gasteiger charge is 2.20. The van der Waals surface area contributed by atoms with Gasteiger partial charge in [-0.25, -0.2) is 9.97 Å². The lowest BCUT2D eigenvalue weighted by Gasteiger charge is -2.15. The molecule has 0 aliphatic carbocycles. The summed E-state index contributed by atoms with van der Waals surface area (Å²) in [7, 11) is 0. The lowest BCUT2D eigenvalue weighted by Crippen LogP contribution is -2.19. The number of pyridine rings is 1. The highest BCUT2D eigenvalue weighted by atomic mass is 16.5. The first-order valence-electron chi connectivity index (χ1n) is 12.0. The van der Waals surface area contributed by atoms with Crippen LogP contribution in [0.5, 0.6) is 5.75 Å². The van der Waals surface area contributed by atoms with E-state index in [4.69, 9.17) is 15.6 Å². The monoisotopic (exact) mass is 505 g/mol. The van der Waals surface area contributed by atoms with Crippen molar-refractivity contribution in [3.8, 4) is 22.6 Å². The fourth-order valence-electron chi connectivity index (χ4n) is 4.95. The third-order valence-corrected chi connectivity index (χ3v) is 6.71. The zero-order chi connectivity index (χ0) is 26.4. The van der Waals surface area contributed by atoms with Crippen molar-refractivity contribution in [2.24, 2.45) is 5.73 Å². The molecule has 9 heteroatoms. The van der Waals surface area contributed by atoms with Crippen LogP contribution >= 0.6 is 0 Å². The number of hydrogen-bond donors (Lipinski definition) is 3. The standard InChI is InChI=1S/C29H23N5O4/c1-16-18(6-4-8-24(16)34-15-32-22-7-3-2-5-20(22)29(34)37)21-14-31-27(28(30)36)26-25(21)19-10-9-17(38-12-11-35)13-23(19)33-26/h2-10,13-15,33,35H,11-12H2,1H3,(H2,30,36). The van der Waals surface area contributed by atoms with Crippen LogP contribution in [0.4, 0.5) is 0 Å². The van der Waals surface area contributed by atoms with E-state index in [2.05, 4.69) is 15.0 Å².